The Balaban J connectivity index is 2.90. The van der Waals surface area contributed by atoms with Crippen LogP contribution in [-0.4, -0.2) is 27.4 Å². The number of nitrogens with zero attached hydrogens (tertiary/aromatic N) is 1. The van der Waals surface area contributed by atoms with E-state index in [0.29, 0.717) is 5.69 Å². The van der Waals surface area contributed by atoms with E-state index in [4.69, 9.17) is 10.2 Å². The lowest BCUT2D eigenvalue weighted by atomic mass is 10.0. The second kappa shape index (κ2) is 5.42. The van der Waals surface area contributed by atoms with Crippen molar-refractivity contribution in [3.8, 4) is 0 Å². The lowest BCUT2D eigenvalue weighted by molar-refractivity contribution is -0.136. The third-order valence-corrected chi connectivity index (χ3v) is 3.27. The van der Waals surface area contributed by atoms with Gasteiger partial charge in [-0.25, -0.2) is 4.39 Å². The van der Waals surface area contributed by atoms with Gasteiger partial charge in [-0.1, -0.05) is 6.07 Å². The highest BCUT2D eigenvalue weighted by atomic mass is 19.1. The minimum atomic E-state index is -1.13. The van der Waals surface area contributed by atoms with Gasteiger partial charge in [0.05, 0.1) is 18.5 Å². The lowest BCUT2D eigenvalue weighted by Gasteiger charge is -2.17. The fraction of sp³-hybridized carbons (Fsp3) is 0.286. The van der Waals surface area contributed by atoms with E-state index in [9.17, 15) is 14.0 Å². The number of hydrogen-bond acceptors (Lipinski definition) is 3. The Morgan fingerprint density at radius 2 is 2.10 bits per heavy atom. The van der Waals surface area contributed by atoms with E-state index < -0.39 is 23.6 Å². The van der Waals surface area contributed by atoms with Gasteiger partial charge in [-0.3, -0.25) is 9.59 Å². The monoisotopic (exact) mass is 279 g/mol. The number of aliphatic hydroxyl groups is 1. The number of halogens is 1. The summed E-state index contributed by atoms with van der Waals surface area (Å²) >= 11 is 0. The Morgan fingerprint density at radius 1 is 1.40 bits per heavy atom. The van der Waals surface area contributed by atoms with Crippen LogP contribution in [0.5, 0.6) is 0 Å². The molecule has 0 saturated carbocycles. The maximum Gasteiger partial charge on any atom is 0.308 e. The molecule has 1 aromatic carbocycles. The average Bonchev–Trinajstić information content (AvgIpc) is 2.39. The van der Waals surface area contributed by atoms with E-state index in [0.717, 1.165) is 0 Å². The summed E-state index contributed by atoms with van der Waals surface area (Å²) in [7, 11) is 0. The number of para-hydroxylation sites is 1. The predicted molar refractivity (Wildman–Crippen MR) is 71.3 cm³/mol. The van der Waals surface area contributed by atoms with E-state index in [2.05, 4.69) is 0 Å². The predicted octanol–water partition coefficient (Wildman–Crippen LogP) is 1.07. The Morgan fingerprint density at radius 3 is 2.70 bits per heavy atom. The number of carboxylic acid groups (broad SMARTS) is 1. The molecular formula is C14H14FNO4. The van der Waals surface area contributed by atoms with Crippen molar-refractivity contribution in [1.82, 2.24) is 4.57 Å². The van der Waals surface area contributed by atoms with Crippen LogP contribution in [0.3, 0.4) is 0 Å². The van der Waals surface area contributed by atoms with Crippen molar-refractivity contribution in [3.63, 3.8) is 0 Å². The van der Waals surface area contributed by atoms with E-state index in [1.54, 1.807) is 6.92 Å². The smallest absolute Gasteiger partial charge is 0.308 e. The van der Waals surface area contributed by atoms with E-state index in [1.165, 1.54) is 22.8 Å². The molecule has 0 saturated heterocycles. The quantitative estimate of drug-likeness (QED) is 0.877. The Hall–Kier alpha value is -2.21. The number of carboxylic acids is 1. The van der Waals surface area contributed by atoms with Crippen LogP contribution < -0.4 is 5.43 Å². The van der Waals surface area contributed by atoms with Gasteiger partial charge in [0.25, 0.3) is 0 Å². The van der Waals surface area contributed by atoms with Crippen molar-refractivity contribution >= 4 is 16.9 Å². The van der Waals surface area contributed by atoms with Crippen LogP contribution >= 0.6 is 0 Å². The first-order valence-corrected chi connectivity index (χ1v) is 6.10. The highest BCUT2D eigenvalue weighted by Gasteiger charge is 2.18. The Labute approximate surface area is 113 Å². The van der Waals surface area contributed by atoms with Crippen molar-refractivity contribution < 1.29 is 19.4 Å². The highest BCUT2D eigenvalue weighted by molar-refractivity contribution is 5.82. The van der Waals surface area contributed by atoms with Gasteiger partial charge in [0.2, 0.25) is 0 Å². The molecule has 0 amide bonds. The molecule has 0 aliphatic carbocycles. The van der Waals surface area contributed by atoms with Crippen LogP contribution in [0.2, 0.25) is 0 Å². The van der Waals surface area contributed by atoms with Gasteiger partial charge in [0.15, 0.2) is 5.43 Å². The molecule has 0 bridgehead atoms. The molecule has 2 aromatic rings. The summed E-state index contributed by atoms with van der Waals surface area (Å²) < 4.78 is 15.4. The molecule has 0 spiro atoms. The summed E-state index contributed by atoms with van der Waals surface area (Å²) in [4.78, 5) is 23.2. The van der Waals surface area contributed by atoms with Gasteiger partial charge >= 0.3 is 5.97 Å². The minimum Gasteiger partial charge on any atom is -0.481 e. The number of hydrogen-bond donors (Lipinski definition) is 2. The Kier molecular flexibility index (Phi) is 3.85. The van der Waals surface area contributed by atoms with Crippen molar-refractivity contribution in [3.05, 3.63) is 45.5 Å². The van der Waals surface area contributed by atoms with E-state index in [-0.39, 0.29) is 29.6 Å². The van der Waals surface area contributed by atoms with Gasteiger partial charge < -0.3 is 14.8 Å². The second-order valence-electron chi connectivity index (χ2n) is 4.47. The normalized spacial score (nSPS) is 10.9. The molecule has 0 fully saturated rings. The molecule has 0 atom stereocenters. The number of aliphatic hydroxyl groups excluding tert-OH is 1. The largest absolute Gasteiger partial charge is 0.481 e. The molecule has 106 valence electrons. The summed E-state index contributed by atoms with van der Waals surface area (Å²) in [5.74, 6) is -1.70. The molecule has 0 aliphatic heterocycles. The first-order chi connectivity index (χ1) is 9.47. The summed E-state index contributed by atoms with van der Waals surface area (Å²) in [6, 6.07) is 4.09. The Bertz CT molecular complexity index is 736. The number of fused-ring (bicyclic) bond motifs is 1. The molecule has 0 aliphatic rings. The van der Waals surface area contributed by atoms with Crippen molar-refractivity contribution in [2.45, 2.75) is 19.9 Å². The number of benzene rings is 1. The molecule has 6 heteroatoms. The summed E-state index contributed by atoms with van der Waals surface area (Å²) in [5.41, 5.74) is 0.0971. The fourth-order valence-electron chi connectivity index (χ4n) is 2.37. The van der Waals surface area contributed by atoms with Crippen LogP contribution in [-0.2, 0) is 17.8 Å². The molecule has 0 unspecified atom stereocenters. The number of aromatic nitrogens is 1. The SMILES string of the molecule is Cc1c(CC(=O)O)c(=O)c2cccc(F)c2n1CCO. The summed E-state index contributed by atoms with van der Waals surface area (Å²) in [6.07, 6.45) is -0.428. The molecule has 2 N–H and O–H groups in total. The minimum absolute atomic E-state index is 0.0934. The second-order valence-corrected chi connectivity index (χ2v) is 4.47. The topological polar surface area (TPSA) is 79.5 Å². The third kappa shape index (κ3) is 2.30. The first kappa shape index (κ1) is 14.2. The van der Waals surface area contributed by atoms with Crippen molar-refractivity contribution in [1.29, 1.82) is 0 Å². The van der Waals surface area contributed by atoms with Crippen molar-refractivity contribution in [2.24, 2.45) is 0 Å². The molecule has 1 aromatic heterocycles. The fourth-order valence-corrected chi connectivity index (χ4v) is 2.37. The van der Waals surface area contributed by atoms with Crippen LogP contribution in [0, 0.1) is 12.7 Å². The van der Waals surface area contributed by atoms with E-state index in [1.807, 2.05) is 0 Å². The number of carbonyl (C=O) groups is 1. The molecule has 20 heavy (non-hydrogen) atoms. The molecule has 0 radical (unpaired) electrons. The molecule has 5 nitrogen and oxygen atoms in total. The third-order valence-electron chi connectivity index (χ3n) is 3.27. The van der Waals surface area contributed by atoms with Gasteiger partial charge in [0.1, 0.15) is 5.82 Å². The van der Waals surface area contributed by atoms with Gasteiger partial charge in [0, 0.05) is 23.2 Å². The molecule has 1 heterocycles. The number of aliphatic carboxylic acids is 1. The zero-order valence-electron chi connectivity index (χ0n) is 10.9. The first-order valence-electron chi connectivity index (χ1n) is 6.10. The average molecular weight is 279 g/mol. The maximum absolute atomic E-state index is 14.0. The van der Waals surface area contributed by atoms with Crippen LogP contribution in [0.15, 0.2) is 23.0 Å². The number of pyridine rings is 1. The van der Waals surface area contributed by atoms with Gasteiger partial charge in [-0.05, 0) is 19.1 Å². The summed E-state index contributed by atoms with van der Waals surface area (Å²) in [5, 5.41) is 18.1. The lowest BCUT2D eigenvalue weighted by Crippen LogP contribution is -2.23. The maximum atomic E-state index is 14.0. The highest BCUT2D eigenvalue weighted by Crippen LogP contribution is 2.19. The van der Waals surface area contributed by atoms with Crippen LogP contribution in [0.1, 0.15) is 11.3 Å². The standard InChI is InChI=1S/C14H14FNO4/c1-8-10(7-12(18)19)14(20)9-3-2-4-11(15)13(9)16(8)5-6-17/h2-4,17H,5-7H2,1H3,(H,18,19). The van der Waals surface area contributed by atoms with Gasteiger partial charge in [-0.15, -0.1) is 0 Å². The van der Waals surface area contributed by atoms with Crippen LogP contribution in [0.4, 0.5) is 4.39 Å². The number of rotatable bonds is 4. The molecular weight excluding hydrogens is 265 g/mol. The molecule has 2 rings (SSSR count). The van der Waals surface area contributed by atoms with Crippen LogP contribution in [0.25, 0.3) is 10.9 Å². The zero-order valence-corrected chi connectivity index (χ0v) is 10.9. The van der Waals surface area contributed by atoms with E-state index >= 15 is 0 Å². The summed E-state index contributed by atoms with van der Waals surface area (Å²) in [6.45, 7) is 1.41. The van der Waals surface area contributed by atoms with Gasteiger partial charge in [-0.2, -0.15) is 0 Å². The zero-order chi connectivity index (χ0) is 14.9. The van der Waals surface area contributed by atoms with Crippen molar-refractivity contribution in [2.75, 3.05) is 6.61 Å².